The average Bonchev–Trinajstić information content (AvgIpc) is 3.10. The topological polar surface area (TPSA) is 79.6 Å². The molecular weight excluding hydrogens is 396 g/mol. The van der Waals surface area contributed by atoms with E-state index in [4.69, 9.17) is 4.42 Å². The number of carbonyl (C=O) groups is 1. The summed E-state index contributed by atoms with van der Waals surface area (Å²) < 4.78 is 32.6. The van der Waals surface area contributed by atoms with E-state index in [0.29, 0.717) is 25.9 Å². The molecule has 0 saturated carbocycles. The van der Waals surface area contributed by atoms with E-state index < -0.39 is 10.0 Å². The van der Waals surface area contributed by atoms with Gasteiger partial charge < -0.3 is 9.73 Å². The Morgan fingerprint density at radius 1 is 1.17 bits per heavy atom. The Morgan fingerprint density at radius 3 is 2.42 bits per heavy atom. The van der Waals surface area contributed by atoms with Crippen molar-refractivity contribution in [3.05, 3.63) is 52.9 Å². The SMILES string of the molecule is O=C(NC1CCN(S(=O)(=O)c2ccc(Br)cc2)CC1)c1ccco1. The van der Waals surface area contributed by atoms with Crippen molar-refractivity contribution < 1.29 is 17.6 Å². The number of hydrogen-bond acceptors (Lipinski definition) is 4. The smallest absolute Gasteiger partial charge is 0.287 e. The van der Waals surface area contributed by atoms with Crippen LogP contribution in [0.4, 0.5) is 0 Å². The second-order valence-corrected chi connectivity index (χ2v) is 8.44. The minimum Gasteiger partial charge on any atom is -0.459 e. The van der Waals surface area contributed by atoms with Gasteiger partial charge in [0.25, 0.3) is 5.91 Å². The summed E-state index contributed by atoms with van der Waals surface area (Å²) in [6, 6.07) is 9.80. The number of rotatable bonds is 4. The Hall–Kier alpha value is -1.64. The highest BCUT2D eigenvalue weighted by Crippen LogP contribution is 2.22. The van der Waals surface area contributed by atoms with Gasteiger partial charge in [0.15, 0.2) is 5.76 Å². The highest BCUT2D eigenvalue weighted by molar-refractivity contribution is 9.10. The maximum absolute atomic E-state index is 12.6. The lowest BCUT2D eigenvalue weighted by Crippen LogP contribution is -2.46. The van der Waals surface area contributed by atoms with Gasteiger partial charge in [0.05, 0.1) is 11.2 Å². The highest BCUT2D eigenvalue weighted by Gasteiger charge is 2.30. The fourth-order valence-electron chi connectivity index (χ4n) is 2.66. The van der Waals surface area contributed by atoms with Gasteiger partial charge in [0.2, 0.25) is 10.0 Å². The summed E-state index contributed by atoms with van der Waals surface area (Å²) in [5, 5.41) is 2.88. The molecule has 1 saturated heterocycles. The molecule has 1 aromatic carbocycles. The number of amides is 1. The van der Waals surface area contributed by atoms with Crippen molar-refractivity contribution >= 4 is 31.9 Å². The molecule has 2 aromatic rings. The predicted octanol–water partition coefficient (Wildman–Crippen LogP) is 2.63. The van der Waals surface area contributed by atoms with Crippen LogP contribution in [0.5, 0.6) is 0 Å². The van der Waals surface area contributed by atoms with Crippen LogP contribution in [0, 0.1) is 0 Å². The van der Waals surface area contributed by atoms with Crippen molar-refractivity contribution in [3.63, 3.8) is 0 Å². The van der Waals surface area contributed by atoms with Crippen LogP contribution in [-0.4, -0.2) is 37.8 Å². The first-order valence-corrected chi connectivity index (χ1v) is 9.80. The van der Waals surface area contributed by atoms with E-state index in [1.165, 1.54) is 10.6 Å². The zero-order valence-corrected chi connectivity index (χ0v) is 15.2. The lowest BCUT2D eigenvalue weighted by atomic mass is 10.1. The summed E-state index contributed by atoms with van der Waals surface area (Å²) in [4.78, 5) is 12.2. The zero-order valence-electron chi connectivity index (χ0n) is 12.8. The van der Waals surface area contributed by atoms with E-state index in [1.54, 1.807) is 36.4 Å². The molecular formula is C16H17BrN2O4S. The minimum absolute atomic E-state index is 0.0565. The quantitative estimate of drug-likeness (QED) is 0.836. The Morgan fingerprint density at radius 2 is 1.83 bits per heavy atom. The van der Waals surface area contributed by atoms with Crippen LogP contribution in [0.15, 0.2) is 56.4 Å². The van der Waals surface area contributed by atoms with Gasteiger partial charge >= 0.3 is 0 Å². The molecule has 1 fully saturated rings. The first-order valence-electron chi connectivity index (χ1n) is 7.57. The van der Waals surface area contributed by atoms with Gasteiger partial charge in [-0.25, -0.2) is 8.42 Å². The summed E-state index contributed by atoms with van der Waals surface area (Å²) in [7, 11) is -3.49. The first-order chi connectivity index (χ1) is 11.5. The number of sulfonamides is 1. The van der Waals surface area contributed by atoms with Gasteiger partial charge in [-0.1, -0.05) is 15.9 Å². The molecule has 0 aliphatic carbocycles. The summed E-state index contributed by atoms with van der Waals surface area (Å²) >= 11 is 3.30. The second kappa shape index (κ2) is 7.08. The molecule has 128 valence electrons. The summed E-state index contributed by atoms with van der Waals surface area (Å²) in [6.45, 7) is 0.753. The molecule has 1 amide bonds. The fourth-order valence-corrected chi connectivity index (χ4v) is 4.39. The van der Waals surface area contributed by atoms with E-state index in [0.717, 1.165) is 4.47 Å². The van der Waals surface area contributed by atoms with Gasteiger partial charge in [-0.05, 0) is 49.2 Å². The van der Waals surface area contributed by atoms with E-state index in [1.807, 2.05) is 0 Å². The molecule has 0 atom stereocenters. The number of halogens is 1. The maximum atomic E-state index is 12.6. The van der Waals surface area contributed by atoms with Crippen LogP contribution in [0.2, 0.25) is 0 Å². The van der Waals surface area contributed by atoms with E-state index in [2.05, 4.69) is 21.2 Å². The molecule has 0 bridgehead atoms. The number of hydrogen-bond donors (Lipinski definition) is 1. The third kappa shape index (κ3) is 3.71. The van der Waals surface area contributed by atoms with Gasteiger partial charge in [0.1, 0.15) is 0 Å². The number of benzene rings is 1. The van der Waals surface area contributed by atoms with Crippen LogP contribution in [0.1, 0.15) is 23.4 Å². The van der Waals surface area contributed by atoms with Gasteiger partial charge in [0, 0.05) is 23.6 Å². The molecule has 2 heterocycles. The maximum Gasteiger partial charge on any atom is 0.287 e. The van der Waals surface area contributed by atoms with Crippen LogP contribution in [-0.2, 0) is 10.0 Å². The monoisotopic (exact) mass is 412 g/mol. The van der Waals surface area contributed by atoms with Gasteiger partial charge in [-0.15, -0.1) is 0 Å². The van der Waals surface area contributed by atoms with Crippen molar-refractivity contribution in [1.82, 2.24) is 9.62 Å². The molecule has 8 heteroatoms. The number of carbonyl (C=O) groups excluding carboxylic acids is 1. The molecule has 24 heavy (non-hydrogen) atoms. The van der Waals surface area contributed by atoms with Crippen molar-refractivity contribution in [2.24, 2.45) is 0 Å². The minimum atomic E-state index is -3.49. The fraction of sp³-hybridized carbons (Fsp3) is 0.312. The summed E-state index contributed by atoms with van der Waals surface area (Å²) in [5.41, 5.74) is 0. The van der Waals surface area contributed by atoms with E-state index >= 15 is 0 Å². The summed E-state index contributed by atoms with van der Waals surface area (Å²) in [5.74, 6) is -0.00543. The van der Waals surface area contributed by atoms with Crippen LogP contribution >= 0.6 is 15.9 Å². The summed E-state index contributed by atoms with van der Waals surface area (Å²) in [6.07, 6.45) is 2.59. The van der Waals surface area contributed by atoms with Crippen molar-refractivity contribution in [3.8, 4) is 0 Å². The van der Waals surface area contributed by atoms with Gasteiger partial charge in [-0.2, -0.15) is 4.31 Å². The largest absolute Gasteiger partial charge is 0.459 e. The van der Waals surface area contributed by atoms with E-state index in [-0.39, 0.29) is 22.6 Å². The molecule has 0 unspecified atom stereocenters. The standard InChI is InChI=1S/C16H17BrN2O4S/c17-12-3-5-14(6-4-12)24(21,22)19-9-7-13(8-10-19)18-16(20)15-2-1-11-23-15/h1-6,11,13H,7-10H2,(H,18,20). The lowest BCUT2D eigenvalue weighted by molar-refractivity contribution is 0.0895. The van der Waals surface area contributed by atoms with Crippen molar-refractivity contribution in [2.75, 3.05) is 13.1 Å². The Kier molecular flexibility index (Phi) is 5.07. The Balaban J connectivity index is 1.60. The number of nitrogens with zero attached hydrogens (tertiary/aromatic N) is 1. The van der Waals surface area contributed by atoms with E-state index in [9.17, 15) is 13.2 Å². The number of nitrogens with one attached hydrogen (secondary N) is 1. The van der Waals surface area contributed by atoms with Crippen LogP contribution in [0.25, 0.3) is 0 Å². The zero-order chi connectivity index (χ0) is 17.2. The number of piperidine rings is 1. The normalized spacial score (nSPS) is 16.9. The third-order valence-corrected chi connectivity index (χ3v) is 6.43. The molecule has 1 aliphatic heterocycles. The molecule has 0 spiro atoms. The van der Waals surface area contributed by atoms with Crippen molar-refractivity contribution in [2.45, 2.75) is 23.8 Å². The van der Waals surface area contributed by atoms with Crippen molar-refractivity contribution in [1.29, 1.82) is 0 Å². The average molecular weight is 413 g/mol. The number of furan rings is 1. The van der Waals surface area contributed by atoms with Crippen LogP contribution < -0.4 is 5.32 Å². The molecule has 1 aliphatic rings. The molecule has 3 rings (SSSR count). The molecule has 6 nitrogen and oxygen atoms in total. The third-order valence-electron chi connectivity index (χ3n) is 3.99. The first kappa shape index (κ1) is 17.2. The molecule has 1 N–H and O–H groups in total. The lowest BCUT2D eigenvalue weighted by Gasteiger charge is -2.31. The Bertz CT molecular complexity index is 795. The molecule has 0 radical (unpaired) electrons. The van der Waals surface area contributed by atoms with Crippen LogP contribution in [0.3, 0.4) is 0 Å². The second-order valence-electron chi connectivity index (χ2n) is 5.58. The predicted molar refractivity (Wildman–Crippen MR) is 92.1 cm³/mol. The Labute approximate surface area is 149 Å². The van der Waals surface area contributed by atoms with Gasteiger partial charge in [-0.3, -0.25) is 4.79 Å². The molecule has 1 aromatic heterocycles. The highest BCUT2D eigenvalue weighted by atomic mass is 79.9.